The van der Waals surface area contributed by atoms with Crippen LogP contribution in [0.1, 0.15) is 13.8 Å². The Labute approximate surface area is 94.3 Å². The van der Waals surface area contributed by atoms with Gasteiger partial charge in [-0.05, 0) is 13.2 Å². The highest BCUT2D eigenvalue weighted by Gasteiger charge is 2.06. The van der Waals surface area contributed by atoms with Gasteiger partial charge >= 0.3 is 12.0 Å². The highest BCUT2D eigenvalue weighted by molar-refractivity contribution is 7.99. The molecule has 0 aromatic rings. The van der Waals surface area contributed by atoms with Gasteiger partial charge < -0.3 is 15.4 Å². The molecule has 6 heteroatoms. The van der Waals surface area contributed by atoms with E-state index in [-0.39, 0.29) is 12.6 Å². The maximum absolute atomic E-state index is 11.1. The molecule has 0 radical (unpaired) electrons. The summed E-state index contributed by atoms with van der Waals surface area (Å²) in [6.45, 7) is 4.54. The Balaban J connectivity index is 3.53. The molecule has 88 valence electrons. The van der Waals surface area contributed by atoms with Gasteiger partial charge in [-0.25, -0.2) is 4.79 Å². The monoisotopic (exact) mass is 234 g/mol. The molecule has 0 spiro atoms. The van der Waals surface area contributed by atoms with Gasteiger partial charge in [0.15, 0.2) is 0 Å². The molecule has 0 aromatic carbocycles. The van der Waals surface area contributed by atoms with Crippen LogP contribution in [-0.4, -0.2) is 43.2 Å². The van der Waals surface area contributed by atoms with Crippen molar-refractivity contribution < 1.29 is 14.3 Å². The van der Waals surface area contributed by atoms with Gasteiger partial charge in [0, 0.05) is 11.8 Å². The summed E-state index contributed by atoms with van der Waals surface area (Å²) in [5, 5.41) is 5.42. The summed E-state index contributed by atoms with van der Waals surface area (Å²) in [7, 11) is 0. The fourth-order valence-corrected chi connectivity index (χ4v) is 0.997. The lowest BCUT2D eigenvalue weighted by molar-refractivity contribution is -0.141. The van der Waals surface area contributed by atoms with Gasteiger partial charge in [-0.3, -0.25) is 4.79 Å². The fourth-order valence-electron chi connectivity index (χ4n) is 0.747. The zero-order chi connectivity index (χ0) is 11.7. The summed E-state index contributed by atoms with van der Waals surface area (Å²) in [5.41, 5.74) is 0. The average Bonchev–Trinajstić information content (AvgIpc) is 2.23. The van der Waals surface area contributed by atoms with E-state index in [4.69, 9.17) is 0 Å². The number of amides is 2. The molecule has 0 saturated heterocycles. The first kappa shape index (κ1) is 14.1. The molecule has 15 heavy (non-hydrogen) atoms. The number of urea groups is 1. The molecule has 1 unspecified atom stereocenters. The topological polar surface area (TPSA) is 67.4 Å². The minimum Gasteiger partial charge on any atom is -0.465 e. The SMILES string of the molecule is CCOC(=O)CNC(=O)NCC(C)SC. The molecule has 5 nitrogen and oxygen atoms in total. The number of ether oxygens (including phenoxy) is 1. The van der Waals surface area contributed by atoms with Crippen molar-refractivity contribution in [2.24, 2.45) is 0 Å². The quantitative estimate of drug-likeness (QED) is 0.660. The molecule has 0 aromatic heterocycles. The Hall–Kier alpha value is -0.910. The maximum Gasteiger partial charge on any atom is 0.325 e. The summed E-state index contributed by atoms with van der Waals surface area (Å²) in [5.74, 6) is -0.425. The van der Waals surface area contributed by atoms with Crippen molar-refractivity contribution in [2.45, 2.75) is 19.1 Å². The van der Waals surface area contributed by atoms with E-state index in [9.17, 15) is 9.59 Å². The number of carbonyl (C=O) groups is 2. The number of hydrogen-bond acceptors (Lipinski definition) is 4. The Morgan fingerprint density at radius 3 is 2.60 bits per heavy atom. The Morgan fingerprint density at radius 2 is 2.07 bits per heavy atom. The zero-order valence-corrected chi connectivity index (χ0v) is 10.1. The molecular weight excluding hydrogens is 216 g/mol. The molecular formula is C9H18N2O3S. The first-order chi connectivity index (χ1) is 7.10. The number of rotatable bonds is 6. The van der Waals surface area contributed by atoms with Crippen LogP contribution in [0.3, 0.4) is 0 Å². The highest BCUT2D eigenvalue weighted by Crippen LogP contribution is 2.01. The maximum atomic E-state index is 11.1. The smallest absolute Gasteiger partial charge is 0.325 e. The minimum absolute atomic E-state index is 0.0900. The minimum atomic E-state index is -0.425. The van der Waals surface area contributed by atoms with Gasteiger partial charge in [-0.15, -0.1) is 0 Å². The molecule has 2 N–H and O–H groups in total. The zero-order valence-electron chi connectivity index (χ0n) is 9.33. The fraction of sp³-hybridized carbons (Fsp3) is 0.778. The van der Waals surface area contributed by atoms with Crippen LogP contribution in [0.25, 0.3) is 0 Å². The van der Waals surface area contributed by atoms with Crippen LogP contribution in [0.4, 0.5) is 4.79 Å². The summed E-state index contributed by atoms with van der Waals surface area (Å²) < 4.78 is 4.65. The molecule has 0 aliphatic carbocycles. The van der Waals surface area contributed by atoms with Crippen molar-refractivity contribution in [2.75, 3.05) is 26.0 Å². The third-order valence-corrected chi connectivity index (χ3v) is 2.62. The van der Waals surface area contributed by atoms with Crippen molar-refractivity contribution >= 4 is 23.8 Å². The Kier molecular flexibility index (Phi) is 7.89. The van der Waals surface area contributed by atoms with Crippen LogP contribution in [0.2, 0.25) is 0 Å². The van der Waals surface area contributed by atoms with Crippen molar-refractivity contribution in [3.05, 3.63) is 0 Å². The molecule has 2 amide bonds. The molecule has 0 bridgehead atoms. The largest absolute Gasteiger partial charge is 0.465 e. The summed E-state index contributed by atoms with van der Waals surface area (Å²) in [6, 6.07) is -0.344. The van der Waals surface area contributed by atoms with Crippen LogP contribution < -0.4 is 10.6 Å². The van der Waals surface area contributed by atoms with E-state index < -0.39 is 5.97 Å². The second kappa shape index (κ2) is 8.40. The lowest BCUT2D eigenvalue weighted by Gasteiger charge is -2.10. The molecule has 0 saturated carbocycles. The first-order valence-electron chi connectivity index (χ1n) is 4.80. The Bertz CT molecular complexity index is 212. The number of thioether (sulfide) groups is 1. The van der Waals surface area contributed by atoms with E-state index in [0.717, 1.165) is 0 Å². The average molecular weight is 234 g/mol. The van der Waals surface area contributed by atoms with Gasteiger partial charge in [0.05, 0.1) is 6.61 Å². The number of esters is 1. The molecule has 0 fully saturated rings. The van der Waals surface area contributed by atoms with Crippen molar-refractivity contribution in [3.63, 3.8) is 0 Å². The van der Waals surface area contributed by atoms with E-state index in [1.165, 1.54) is 0 Å². The molecule has 1 atom stereocenters. The van der Waals surface area contributed by atoms with Crippen molar-refractivity contribution in [1.29, 1.82) is 0 Å². The summed E-state index contributed by atoms with van der Waals surface area (Å²) in [4.78, 5) is 22.0. The van der Waals surface area contributed by atoms with Crippen LogP contribution >= 0.6 is 11.8 Å². The molecule has 0 heterocycles. The normalized spacial score (nSPS) is 11.7. The standard InChI is InChI=1S/C9H18N2O3S/c1-4-14-8(12)6-11-9(13)10-5-7(2)15-3/h7H,4-6H2,1-3H3,(H2,10,11,13). The number of carbonyl (C=O) groups excluding carboxylic acids is 2. The van der Waals surface area contributed by atoms with Crippen molar-refractivity contribution in [1.82, 2.24) is 10.6 Å². The second-order valence-corrected chi connectivity index (χ2v) is 4.19. The number of hydrogen-bond donors (Lipinski definition) is 2. The first-order valence-corrected chi connectivity index (χ1v) is 6.09. The van der Waals surface area contributed by atoms with Gasteiger partial charge in [-0.1, -0.05) is 6.92 Å². The number of nitrogens with one attached hydrogen (secondary N) is 2. The van der Waals surface area contributed by atoms with E-state index in [0.29, 0.717) is 18.4 Å². The van der Waals surface area contributed by atoms with Crippen LogP contribution in [-0.2, 0) is 9.53 Å². The van der Waals surface area contributed by atoms with Gasteiger partial charge in [0.1, 0.15) is 6.54 Å². The van der Waals surface area contributed by atoms with Crippen molar-refractivity contribution in [3.8, 4) is 0 Å². The van der Waals surface area contributed by atoms with Gasteiger partial charge in [0.25, 0.3) is 0 Å². The Morgan fingerprint density at radius 1 is 1.40 bits per heavy atom. The lowest BCUT2D eigenvalue weighted by atomic mass is 10.5. The van der Waals surface area contributed by atoms with E-state index in [1.54, 1.807) is 18.7 Å². The van der Waals surface area contributed by atoms with E-state index in [1.807, 2.05) is 13.2 Å². The lowest BCUT2D eigenvalue weighted by Crippen LogP contribution is -2.41. The van der Waals surface area contributed by atoms with E-state index >= 15 is 0 Å². The molecule has 0 rings (SSSR count). The molecule has 0 aliphatic heterocycles. The predicted octanol–water partition coefficient (Wildman–Crippen LogP) is 0.600. The predicted molar refractivity (Wildman–Crippen MR) is 61.0 cm³/mol. The van der Waals surface area contributed by atoms with Crippen LogP contribution in [0.5, 0.6) is 0 Å². The van der Waals surface area contributed by atoms with Crippen LogP contribution in [0.15, 0.2) is 0 Å². The molecule has 0 aliphatic rings. The third kappa shape index (κ3) is 8.11. The summed E-state index contributed by atoms with van der Waals surface area (Å²) in [6.07, 6.45) is 1.98. The third-order valence-electron chi connectivity index (χ3n) is 1.65. The van der Waals surface area contributed by atoms with Gasteiger partial charge in [0.2, 0.25) is 0 Å². The second-order valence-electron chi connectivity index (χ2n) is 2.91. The summed E-state index contributed by atoms with van der Waals surface area (Å²) >= 11 is 1.67. The van der Waals surface area contributed by atoms with E-state index in [2.05, 4.69) is 15.4 Å². The van der Waals surface area contributed by atoms with Gasteiger partial charge in [-0.2, -0.15) is 11.8 Å². The highest BCUT2D eigenvalue weighted by atomic mass is 32.2. The van der Waals surface area contributed by atoms with Crippen LogP contribution in [0, 0.1) is 0 Å².